The Hall–Kier alpha value is -3.44. The maximum atomic E-state index is 12.9. The highest BCUT2D eigenvalue weighted by atomic mass is 32.1. The van der Waals surface area contributed by atoms with Gasteiger partial charge in [0, 0.05) is 5.56 Å². The number of rotatable bonds is 6. The third kappa shape index (κ3) is 4.36. The van der Waals surface area contributed by atoms with Crippen molar-refractivity contribution in [1.29, 1.82) is 0 Å². The highest BCUT2D eigenvalue weighted by Crippen LogP contribution is 2.36. The molecule has 0 aliphatic heterocycles. The van der Waals surface area contributed by atoms with Gasteiger partial charge < -0.3 is 9.47 Å². The second kappa shape index (κ2) is 8.71. The summed E-state index contributed by atoms with van der Waals surface area (Å²) in [6.45, 7) is 0.212. The SMILES string of the molecule is COc1ccc(-c2nc(C(=O)OCc3ccccc3)c(-c3ccccc3)s2)cc1. The first-order valence-corrected chi connectivity index (χ1v) is 9.98. The summed E-state index contributed by atoms with van der Waals surface area (Å²) in [5.74, 6) is 0.347. The van der Waals surface area contributed by atoms with E-state index in [1.165, 1.54) is 11.3 Å². The fourth-order valence-electron chi connectivity index (χ4n) is 2.89. The largest absolute Gasteiger partial charge is 0.497 e. The van der Waals surface area contributed by atoms with Crippen molar-refractivity contribution < 1.29 is 14.3 Å². The van der Waals surface area contributed by atoms with Crippen molar-refractivity contribution in [1.82, 2.24) is 4.98 Å². The predicted octanol–water partition coefficient (Wildman–Crippen LogP) is 5.84. The van der Waals surface area contributed by atoms with E-state index >= 15 is 0 Å². The van der Waals surface area contributed by atoms with Crippen LogP contribution in [0.2, 0.25) is 0 Å². The normalized spacial score (nSPS) is 10.5. The van der Waals surface area contributed by atoms with Crippen molar-refractivity contribution in [3.8, 4) is 26.8 Å². The molecular weight excluding hydrogens is 382 g/mol. The molecule has 0 aliphatic carbocycles. The molecule has 4 nitrogen and oxygen atoms in total. The summed E-state index contributed by atoms with van der Waals surface area (Å²) in [5.41, 5.74) is 3.14. The number of esters is 1. The average Bonchev–Trinajstić information content (AvgIpc) is 3.24. The Balaban J connectivity index is 1.67. The van der Waals surface area contributed by atoms with Crippen LogP contribution in [0.15, 0.2) is 84.9 Å². The first-order valence-electron chi connectivity index (χ1n) is 9.16. The van der Waals surface area contributed by atoms with Crippen molar-refractivity contribution in [3.63, 3.8) is 0 Å². The lowest BCUT2D eigenvalue weighted by atomic mass is 10.1. The minimum absolute atomic E-state index is 0.212. The molecule has 0 unspecified atom stereocenters. The van der Waals surface area contributed by atoms with E-state index in [1.807, 2.05) is 84.9 Å². The number of aromatic nitrogens is 1. The molecule has 0 aliphatic rings. The molecule has 0 bridgehead atoms. The van der Waals surface area contributed by atoms with Gasteiger partial charge in [0.05, 0.1) is 12.0 Å². The second-order valence-electron chi connectivity index (χ2n) is 6.35. The topological polar surface area (TPSA) is 48.4 Å². The maximum Gasteiger partial charge on any atom is 0.358 e. The minimum atomic E-state index is -0.427. The molecule has 0 atom stereocenters. The summed E-state index contributed by atoms with van der Waals surface area (Å²) < 4.78 is 10.8. The number of ether oxygens (including phenoxy) is 2. The highest BCUT2D eigenvalue weighted by Gasteiger charge is 2.21. The Morgan fingerprint density at radius 2 is 1.52 bits per heavy atom. The van der Waals surface area contributed by atoms with Gasteiger partial charge in [-0.05, 0) is 35.4 Å². The van der Waals surface area contributed by atoms with Gasteiger partial charge in [0.1, 0.15) is 17.4 Å². The molecule has 0 saturated carbocycles. The Morgan fingerprint density at radius 1 is 0.862 bits per heavy atom. The molecule has 0 saturated heterocycles. The van der Waals surface area contributed by atoms with Gasteiger partial charge in [-0.2, -0.15) is 0 Å². The molecule has 3 aromatic carbocycles. The Kier molecular flexibility index (Phi) is 5.68. The number of hydrogen-bond donors (Lipinski definition) is 0. The van der Waals surface area contributed by atoms with E-state index in [2.05, 4.69) is 4.98 Å². The average molecular weight is 401 g/mol. The summed E-state index contributed by atoms with van der Waals surface area (Å²) in [6.07, 6.45) is 0. The monoisotopic (exact) mass is 401 g/mol. The van der Waals surface area contributed by atoms with Crippen molar-refractivity contribution in [2.24, 2.45) is 0 Å². The first-order chi connectivity index (χ1) is 14.2. The summed E-state index contributed by atoms with van der Waals surface area (Å²) in [4.78, 5) is 18.3. The van der Waals surface area contributed by atoms with Crippen LogP contribution in [-0.2, 0) is 11.3 Å². The molecule has 0 N–H and O–H groups in total. The van der Waals surface area contributed by atoms with E-state index < -0.39 is 5.97 Å². The zero-order valence-corrected chi connectivity index (χ0v) is 16.7. The smallest absolute Gasteiger partial charge is 0.358 e. The summed E-state index contributed by atoms with van der Waals surface area (Å²) in [5, 5.41) is 0.762. The van der Waals surface area contributed by atoms with Crippen LogP contribution in [-0.4, -0.2) is 18.1 Å². The Bertz CT molecular complexity index is 1090. The predicted molar refractivity (Wildman–Crippen MR) is 115 cm³/mol. The molecule has 29 heavy (non-hydrogen) atoms. The molecule has 0 fully saturated rings. The van der Waals surface area contributed by atoms with Gasteiger partial charge in [-0.15, -0.1) is 11.3 Å². The number of carbonyl (C=O) groups is 1. The number of nitrogens with zero attached hydrogens (tertiary/aromatic N) is 1. The molecule has 5 heteroatoms. The molecule has 4 rings (SSSR count). The van der Waals surface area contributed by atoms with Crippen molar-refractivity contribution in [2.75, 3.05) is 7.11 Å². The lowest BCUT2D eigenvalue weighted by Gasteiger charge is -2.05. The third-order valence-corrected chi connectivity index (χ3v) is 5.56. The molecule has 0 radical (unpaired) electrons. The Labute approximate surface area is 173 Å². The van der Waals surface area contributed by atoms with Crippen LogP contribution in [0.4, 0.5) is 0 Å². The Morgan fingerprint density at radius 3 is 2.17 bits per heavy atom. The minimum Gasteiger partial charge on any atom is -0.497 e. The van der Waals surface area contributed by atoms with E-state index in [1.54, 1.807) is 7.11 Å². The van der Waals surface area contributed by atoms with Crippen molar-refractivity contribution >= 4 is 17.3 Å². The number of methoxy groups -OCH3 is 1. The zero-order valence-electron chi connectivity index (χ0n) is 15.9. The van der Waals surface area contributed by atoms with Crippen molar-refractivity contribution in [2.45, 2.75) is 6.61 Å². The summed E-state index contributed by atoms with van der Waals surface area (Å²) >= 11 is 1.48. The third-order valence-electron chi connectivity index (χ3n) is 4.41. The van der Waals surface area contributed by atoms with Crippen LogP contribution >= 0.6 is 11.3 Å². The van der Waals surface area contributed by atoms with Crippen LogP contribution in [0, 0.1) is 0 Å². The number of benzene rings is 3. The number of carbonyl (C=O) groups excluding carboxylic acids is 1. The van der Waals surface area contributed by atoms with Crippen LogP contribution in [0.3, 0.4) is 0 Å². The fraction of sp³-hybridized carbons (Fsp3) is 0.0833. The lowest BCUT2D eigenvalue weighted by Crippen LogP contribution is -2.07. The van der Waals surface area contributed by atoms with Gasteiger partial charge in [-0.25, -0.2) is 9.78 Å². The molecule has 144 valence electrons. The highest BCUT2D eigenvalue weighted by molar-refractivity contribution is 7.18. The first kappa shape index (κ1) is 18.9. The lowest BCUT2D eigenvalue weighted by molar-refractivity contribution is 0.0467. The van der Waals surface area contributed by atoms with Gasteiger partial charge in [0.25, 0.3) is 0 Å². The second-order valence-corrected chi connectivity index (χ2v) is 7.35. The molecular formula is C24H19NO3S. The van der Waals surface area contributed by atoms with E-state index in [9.17, 15) is 4.79 Å². The van der Waals surface area contributed by atoms with Gasteiger partial charge in [0.2, 0.25) is 0 Å². The van der Waals surface area contributed by atoms with Gasteiger partial charge in [0.15, 0.2) is 5.69 Å². The summed E-state index contributed by atoms with van der Waals surface area (Å²) in [7, 11) is 1.63. The fourth-order valence-corrected chi connectivity index (χ4v) is 3.96. The van der Waals surface area contributed by atoms with E-state index in [-0.39, 0.29) is 6.61 Å². The van der Waals surface area contributed by atoms with Crippen molar-refractivity contribution in [3.05, 3.63) is 96.2 Å². The molecule has 1 heterocycles. The molecule has 0 amide bonds. The standard InChI is InChI=1S/C24H19NO3S/c1-27-20-14-12-19(13-15-20)23-25-21(22(29-23)18-10-6-3-7-11-18)24(26)28-16-17-8-4-2-5-9-17/h2-15H,16H2,1H3. The van der Waals surface area contributed by atoms with Gasteiger partial charge in [-0.3, -0.25) is 0 Å². The number of thiazole rings is 1. The van der Waals surface area contributed by atoms with Crippen LogP contribution in [0.25, 0.3) is 21.0 Å². The molecule has 0 spiro atoms. The van der Waals surface area contributed by atoms with Crippen LogP contribution < -0.4 is 4.74 Å². The van der Waals surface area contributed by atoms with Crippen LogP contribution in [0.5, 0.6) is 5.75 Å². The van der Waals surface area contributed by atoms with Gasteiger partial charge in [-0.1, -0.05) is 60.7 Å². The van der Waals surface area contributed by atoms with E-state index in [4.69, 9.17) is 9.47 Å². The number of hydrogen-bond acceptors (Lipinski definition) is 5. The molecule has 1 aromatic heterocycles. The van der Waals surface area contributed by atoms with E-state index in [0.717, 1.165) is 32.3 Å². The summed E-state index contributed by atoms with van der Waals surface area (Å²) in [6, 6.07) is 27.0. The maximum absolute atomic E-state index is 12.9. The van der Waals surface area contributed by atoms with Gasteiger partial charge >= 0.3 is 5.97 Å². The molecule has 4 aromatic rings. The quantitative estimate of drug-likeness (QED) is 0.381. The zero-order chi connectivity index (χ0) is 20.1. The van der Waals surface area contributed by atoms with E-state index in [0.29, 0.717) is 5.69 Å². The van der Waals surface area contributed by atoms with Crippen LogP contribution in [0.1, 0.15) is 16.1 Å².